The molecule has 0 aromatic heterocycles. The quantitative estimate of drug-likeness (QED) is 0.682. The average molecular weight is 333 g/mol. The van der Waals surface area contributed by atoms with E-state index in [9.17, 15) is 0 Å². The maximum absolute atomic E-state index is 6.21. The van der Waals surface area contributed by atoms with E-state index in [0.29, 0.717) is 0 Å². The summed E-state index contributed by atoms with van der Waals surface area (Å²) in [5.74, 6) is 0. The van der Waals surface area contributed by atoms with Crippen LogP contribution >= 0.6 is 34.4 Å². The van der Waals surface area contributed by atoms with Crippen molar-refractivity contribution in [3.8, 4) is 0 Å². The normalized spacial score (nSPS) is 16.0. The Hall–Kier alpha value is 1.11. The Morgan fingerprint density at radius 2 is 0.889 bits per heavy atom. The van der Waals surface area contributed by atoms with E-state index < -0.39 is 12.8 Å². The molecule has 0 aliphatic rings. The molecule has 0 saturated carbocycles. The van der Waals surface area contributed by atoms with E-state index in [1.165, 1.54) is 0 Å². The molecule has 2 N–H and O–H groups in total. The van der Waals surface area contributed by atoms with Crippen molar-refractivity contribution in [2.24, 2.45) is 0 Å². The van der Waals surface area contributed by atoms with Crippen molar-refractivity contribution < 1.29 is 4.89 Å². The molecular weight excluding hydrogens is 303 g/mol. The van der Waals surface area contributed by atoms with Crippen LogP contribution in [0.15, 0.2) is 0 Å². The molecule has 0 spiro atoms. The lowest BCUT2D eigenvalue weighted by Crippen LogP contribution is -3.12. The standard InChI is InChI=1S/C12H29BCl3NSi/c1-10(2,3)18(11(4,5)6,12(7,8)9)17-13(14,15)16/h17H2,1-9H3. The van der Waals surface area contributed by atoms with Crippen LogP contribution in [0.4, 0.5) is 0 Å². The highest BCUT2D eigenvalue weighted by molar-refractivity contribution is 7.61. The van der Waals surface area contributed by atoms with E-state index in [1.807, 2.05) is 0 Å². The molecule has 110 valence electrons. The van der Waals surface area contributed by atoms with Gasteiger partial charge in [0.05, 0.1) is 0 Å². The van der Waals surface area contributed by atoms with Crippen molar-refractivity contribution in [2.75, 3.05) is 0 Å². The largest absolute Gasteiger partial charge is 0.559 e. The van der Waals surface area contributed by atoms with Gasteiger partial charge in [-0.3, -0.25) is 34.4 Å². The minimum atomic E-state index is -2.03. The number of rotatable bonds is 2. The van der Waals surface area contributed by atoms with Crippen LogP contribution in [0.2, 0.25) is 15.1 Å². The Morgan fingerprint density at radius 1 is 0.667 bits per heavy atom. The Bertz CT molecular complexity index is 258. The summed E-state index contributed by atoms with van der Waals surface area (Å²) in [6.07, 6.45) is 0. The fraction of sp³-hybridized carbons (Fsp3) is 1.00. The molecule has 0 unspecified atom stereocenters. The maximum Gasteiger partial charge on any atom is 0.444 e. The van der Waals surface area contributed by atoms with E-state index >= 15 is 0 Å². The van der Waals surface area contributed by atoms with Gasteiger partial charge in [0.25, 0.3) is 8.24 Å². The molecule has 6 heteroatoms. The lowest BCUT2D eigenvalue weighted by atomic mass is 10.2. The monoisotopic (exact) mass is 331 g/mol. The summed E-state index contributed by atoms with van der Waals surface area (Å²) in [5, 5.41) is 0.402. The second-order valence-corrected chi connectivity index (χ2v) is 17.5. The fourth-order valence-electron chi connectivity index (χ4n) is 4.41. The van der Waals surface area contributed by atoms with Gasteiger partial charge in [-0.2, -0.15) is 0 Å². The molecule has 18 heavy (non-hydrogen) atoms. The third-order valence-electron chi connectivity index (χ3n) is 3.99. The lowest BCUT2D eigenvalue weighted by Gasteiger charge is -2.58. The second kappa shape index (κ2) is 5.14. The summed E-state index contributed by atoms with van der Waals surface area (Å²) >= 11 is 18.6. The number of nitrogens with two attached hydrogens (primary N) is 1. The first-order valence-corrected chi connectivity index (χ1v) is 9.91. The molecule has 0 amide bonds. The third kappa shape index (κ3) is 3.82. The van der Waals surface area contributed by atoms with Gasteiger partial charge >= 0.3 is 4.53 Å². The molecule has 0 atom stereocenters. The molecule has 0 aromatic carbocycles. The minimum absolute atomic E-state index is 0.134. The molecule has 0 saturated heterocycles. The van der Waals surface area contributed by atoms with Gasteiger partial charge in [-0.25, -0.2) is 0 Å². The summed E-state index contributed by atoms with van der Waals surface area (Å²) in [6.45, 7) is 20.6. The van der Waals surface area contributed by atoms with Crippen LogP contribution in [-0.4, -0.2) is 12.8 Å². The molecule has 0 radical (unpaired) electrons. The predicted molar refractivity (Wildman–Crippen MR) is 90.1 cm³/mol. The Balaban J connectivity index is 6.10. The lowest BCUT2D eigenvalue weighted by molar-refractivity contribution is -0.390. The van der Waals surface area contributed by atoms with Crippen LogP contribution < -0.4 is 4.89 Å². The van der Waals surface area contributed by atoms with Crippen molar-refractivity contribution in [1.82, 2.24) is 0 Å². The molecule has 0 fully saturated rings. The zero-order chi connectivity index (χ0) is 15.2. The molecule has 0 bridgehead atoms. The Labute approximate surface area is 129 Å². The van der Waals surface area contributed by atoms with Gasteiger partial charge in [-0.05, 0) is 0 Å². The summed E-state index contributed by atoms with van der Waals surface area (Å²) < 4.78 is -1.96. The molecule has 0 heterocycles. The van der Waals surface area contributed by atoms with Crippen molar-refractivity contribution in [1.29, 1.82) is 0 Å². The molecule has 0 aromatic rings. The van der Waals surface area contributed by atoms with E-state index in [4.69, 9.17) is 34.4 Å². The second-order valence-electron chi connectivity index (χ2n) is 8.35. The summed E-state index contributed by atoms with van der Waals surface area (Å²) in [7, 11) is -2.03. The third-order valence-corrected chi connectivity index (χ3v) is 13.1. The van der Waals surface area contributed by atoms with Crippen LogP contribution in [0.5, 0.6) is 0 Å². The van der Waals surface area contributed by atoms with Gasteiger partial charge in [0.1, 0.15) is 0 Å². The maximum atomic E-state index is 6.21. The average Bonchev–Trinajstić information content (AvgIpc) is 1.90. The van der Waals surface area contributed by atoms with Gasteiger partial charge < -0.3 is 4.89 Å². The fourth-order valence-corrected chi connectivity index (χ4v) is 14.9. The van der Waals surface area contributed by atoms with Crippen molar-refractivity contribution in [3.05, 3.63) is 0 Å². The van der Waals surface area contributed by atoms with E-state index in [0.717, 1.165) is 0 Å². The molecule has 0 rings (SSSR count). The van der Waals surface area contributed by atoms with Crippen LogP contribution in [0.3, 0.4) is 0 Å². The summed E-state index contributed by atoms with van der Waals surface area (Å²) in [5.41, 5.74) is 0. The van der Waals surface area contributed by atoms with Crippen LogP contribution in [-0.2, 0) is 0 Å². The topological polar surface area (TPSA) is 16.6 Å². The van der Waals surface area contributed by atoms with Crippen LogP contribution in [0.1, 0.15) is 62.3 Å². The number of hydrogen-bond acceptors (Lipinski definition) is 0. The van der Waals surface area contributed by atoms with Crippen LogP contribution in [0.25, 0.3) is 0 Å². The smallest absolute Gasteiger partial charge is 0.444 e. The molecular formula is C12H29BCl3NSi. The number of halogens is 3. The first kappa shape index (κ1) is 19.1. The predicted octanol–water partition coefficient (Wildman–Crippen LogP) is 5.05. The zero-order valence-corrected chi connectivity index (χ0v) is 16.6. The van der Waals surface area contributed by atoms with Crippen LogP contribution in [0, 0.1) is 0 Å². The van der Waals surface area contributed by atoms with Gasteiger partial charge in [0, 0.05) is 15.1 Å². The van der Waals surface area contributed by atoms with Crippen molar-refractivity contribution in [3.63, 3.8) is 0 Å². The summed E-state index contributed by atoms with van der Waals surface area (Å²) in [4.78, 5) is 2.12. The van der Waals surface area contributed by atoms with E-state index in [2.05, 4.69) is 67.2 Å². The minimum Gasteiger partial charge on any atom is -0.559 e. The van der Waals surface area contributed by atoms with Crippen molar-refractivity contribution in [2.45, 2.75) is 77.4 Å². The van der Waals surface area contributed by atoms with Gasteiger partial charge in [-0.15, -0.1) is 0 Å². The van der Waals surface area contributed by atoms with E-state index in [1.54, 1.807) is 0 Å². The number of hydrogen-bond donors (Lipinski definition) is 1. The Kier molecular flexibility index (Phi) is 5.46. The number of quaternary nitrogens is 1. The highest BCUT2D eigenvalue weighted by Crippen LogP contribution is 2.58. The van der Waals surface area contributed by atoms with Crippen molar-refractivity contribution >= 4 is 47.1 Å². The van der Waals surface area contributed by atoms with Gasteiger partial charge in [-0.1, -0.05) is 62.3 Å². The first-order chi connectivity index (χ1) is 7.46. The highest BCUT2D eigenvalue weighted by atomic mass is 35.6. The van der Waals surface area contributed by atoms with E-state index in [-0.39, 0.29) is 15.1 Å². The van der Waals surface area contributed by atoms with Gasteiger partial charge in [0.15, 0.2) is 0 Å². The first-order valence-electron chi connectivity index (χ1n) is 6.53. The SMILES string of the molecule is CC(C)(C)[Si]([NH2+][B-](Cl)(Cl)Cl)(C(C)(C)C)C(C)(C)C. The zero-order valence-electron chi connectivity index (χ0n) is 13.3. The molecule has 0 aliphatic carbocycles. The molecule has 0 aliphatic heterocycles. The van der Waals surface area contributed by atoms with Gasteiger partial charge in [0.2, 0.25) is 0 Å². The molecule has 1 nitrogen and oxygen atoms in total. The highest BCUT2D eigenvalue weighted by Gasteiger charge is 2.65. The Morgan fingerprint density at radius 3 is 0.944 bits per heavy atom. The summed E-state index contributed by atoms with van der Waals surface area (Å²) in [6, 6.07) is 0.